The van der Waals surface area contributed by atoms with E-state index in [4.69, 9.17) is 11.6 Å². The number of para-hydroxylation sites is 1. The highest BCUT2D eigenvalue weighted by Gasteiger charge is 2.22. The zero-order chi connectivity index (χ0) is 15.4. The summed E-state index contributed by atoms with van der Waals surface area (Å²) in [7, 11) is 0. The van der Waals surface area contributed by atoms with E-state index in [-0.39, 0.29) is 12.3 Å². The number of nitrogens with zero attached hydrogens (tertiary/aromatic N) is 1. The zero-order valence-corrected chi connectivity index (χ0v) is 11.5. The van der Waals surface area contributed by atoms with Crippen LogP contribution < -0.4 is 5.32 Å². The molecular formula is C14H12ClFN2O3. The van der Waals surface area contributed by atoms with E-state index >= 15 is 0 Å². The van der Waals surface area contributed by atoms with Crippen LogP contribution in [0.5, 0.6) is 0 Å². The molecule has 2 aromatic carbocycles. The number of hydrogen-bond acceptors (Lipinski definition) is 4. The Morgan fingerprint density at radius 1 is 1.29 bits per heavy atom. The zero-order valence-electron chi connectivity index (χ0n) is 10.8. The van der Waals surface area contributed by atoms with E-state index in [1.807, 2.05) is 0 Å². The minimum atomic E-state index is -0.933. The second-order valence-corrected chi connectivity index (χ2v) is 4.76. The number of rotatable bonds is 5. The first kappa shape index (κ1) is 15.2. The number of aliphatic hydroxyl groups excluding tert-OH is 1. The summed E-state index contributed by atoms with van der Waals surface area (Å²) in [5.74, 6) is -0.933. The molecule has 2 N–H and O–H groups in total. The second kappa shape index (κ2) is 6.51. The molecule has 1 atom stereocenters. The van der Waals surface area contributed by atoms with Gasteiger partial charge in [0.25, 0.3) is 0 Å². The number of anilines is 1. The van der Waals surface area contributed by atoms with Gasteiger partial charge >= 0.3 is 5.69 Å². The molecule has 2 rings (SSSR count). The Morgan fingerprint density at radius 2 is 1.95 bits per heavy atom. The van der Waals surface area contributed by atoms with Crippen molar-refractivity contribution in [2.45, 2.75) is 6.04 Å². The summed E-state index contributed by atoms with van der Waals surface area (Å²) in [6, 6.07) is 9.80. The van der Waals surface area contributed by atoms with Gasteiger partial charge in [0, 0.05) is 5.02 Å². The fourth-order valence-electron chi connectivity index (χ4n) is 1.93. The van der Waals surface area contributed by atoms with E-state index in [0.29, 0.717) is 10.6 Å². The highest BCUT2D eigenvalue weighted by atomic mass is 35.5. The van der Waals surface area contributed by atoms with E-state index in [0.717, 1.165) is 6.07 Å². The number of benzene rings is 2. The minimum Gasteiger partial charge on any atom is -0.394 e. The summed E-state index contributed by atoms with van der Waals surface area (Å²) in [6.07, 6.45) is 0. The van der Waals surface area contributed by atoms with Crippen LogP contribution in [0.4, 0.5) is 15.8 Å². The molecule has 0 aromatic heterocycles. The lowest BCUT2D eigenvalue weighted by Crippen LogP contribution is -2.16. The maximum atomic E-state index is 13.5. The maximum absolute atomic E-state index is 13.5. The van der Waals surface area contributed by atoms with Crippen LogP contribution in [0.2, 0.25) is 5.02 Å². The molecule has 21 heavy (non-hydrogen) atoms. The Kier molecular flexibility index (Phi) is 4.72. The number of hydrogen-bond donors (Lipinski definition) is 2. The molecule has 0 heterocycles. The SMILES string of the molecule is O=[N+]([O-])c1c(F)cccc1NC(CO)c1ccc(Cl)cc1. The summed E-state index contributed by atoms with van der Waals surface area (Å²) < 4.78 is 13.5. The van der Waals surface area contributed by atoms with Crippen LogP contribution in [0.25, 0.3) is 0 Å². The van der Waals surface area contributed by atoms with Gasteiger partial charge in [-0.1, -0.05) is 29.8 Å². The topological polar surface area (TPSA) is 75.4 Å². The Labute approximate surface area is 125 Å². The van der Waals surface area contributed by atoms with Crippen molar-refractivity contribution in [3.63, 3.8) is 0 Å². The highest BCUT2D eigenvalue weighted by Crippen LogP contribution is 2.30. The summed E-state index contributed by atoms with van der Waals surface area (Å²) in [5, 5.41) is 23.7. The number of aliphatic hydroxyl groups is 1. The first-order valence-corrected chi connectivity index (χ1v) is 6.46. The van der Waals surface area contributed by atoms with Crippen LogP contribution in [-0.2, 0) is 0 Å². The maximum Gasteiger partial charge on any atom is 0.327 e. The van der Waals surface area contributed by atoms with Gasteiger partial charge in [-0.05, 0) is 29.8 Å². The van der Waals surface area contributed by atoms with Crippen molar-refractivity contribution >= 4 is 23.0 Å². The van der Waals surface area contributed by atoms with E-state index in [9.17, 15) is 19.6 Å². The van der Waals surface area contributed by atoms with Gasteiger partial charge in [0.15, 0.2) is 0 Å². The molecule has 7 heteroatoms. The van der Waals surface area contributed by atoms with E-state index < -0.39 is 22.5 Å². The lowest BCUT2D eigenvalue weighted by molar-refractivity contribution is -0.386. The molecule has 0 aliphatic rings. The predicted octanol–water partition coefficient (Wildman–Crippen LogP) is 3.53. The van der Waals surface area contributed by atoms with Crippen LogP contribution >= 0.6 is 11.6 Å². The van der Waals surface area contributed by atoms with Crippen LogP contribution in [0.1, 0.15) is 11.6 Å². The smallest absolute Gasteiger partial charge is 0.327 e. The highest BCUT2D eigenvalue weighted by molar-refractivity contribution is 6.30. The number of nitrogens with one attached hydrogen (secondary N) is 1. The monoisotopic (exact) mass is 310 g/mol. The number of halogens is 2. The summed E-state index contributed by atoms with van der Waals surface area (Å²) in [6.45, 7) is -0.310. The average molecular weight is 311 g/mol. The first-order chi connectivity index (χ1) is 10.0. The van der Waals surface area contributed by atoms with Crippen molar-refractivity contribution in [2.75, 3.05) is 11.9 Å². The third-order valence-corrected chi connectivity index (χ3v) is 3.21. The van der Waals surface area contributed by atoms with Crippen molar-refractivity contribution in [2.24, 2.45) is 0 Å². The van der Waals surface area contributed by atoms with Crippen molar-refractivity contribution in [3.05, 3.63) is 69.0 Å². The van der Waals surface area contributed by atoms with Gasteiger partial charge in [0.1, 0.15) is 5.69 Å². The molecule has 0 aliphatic heterocycles. The molecule has 2 aromatic rings. The standard InChI is InChI=1S/C14H12ClFN2O3/c15-10-6-4-9(5-7-10)13(8-19)17-12-3-1-2-11(16)14(12)18(20)21/h1-7,13,17,19H,8H2. The Hall–Kier alpha value is -2.18. The normalized spacial score (nSPS) is 12.0. The predicted molar refractivity (Wildman–Crippen MR) is 78.0 cm³/mol. The summed E-state index contributed by atoms with van der Waals surface area (Å²) in [5.41, 5.74) is 0.0411. The van der Waals surface area contributed by atoms with Crippen LogP contribution in [0, 0.1) is 15.9 Å². The molecule has 5 nitrogen and oxygen atoms in total. The lowest BCUT2D eigenvalue weighted by atomic mass is 10.1. The molecule has 1 unspecified atom stereocenters. The van der Waals surface area contributed by atoms with Crippen LogP contribution in [-0.4, -0.2) is 16.6 Å². The van der Waals surface area contributed by atoms with Gasteiger partial charge in [-0.2, -0.15) is 4.39 Å². The average Bonchev–Trinajstić information content (AvgIpc) is 2.45. The fourth-order valence-corrected chi connectivity index (χ4v) is 2.06. The molecule has 0 amide bonds. The van der Waals surface area contributed by atoms with Gasteiger partial charge in [0.05, 0.1) is 17.6 Å². The molecule has 0 saturated carbocycles. The fraction of sp³-hybridized carbons (Fsp3) is 0.143. The summed E-state index contributed by atoms with van der Waals surface area (Å²) >= 11 is 5.79. The Morgan fingerprint density at radius 3 is 2.52 bits per heavy atom. The van der Waals surface area contributed by atoms with Gasteiger partial charge in [-0.15, -0.1) is 0 Å². The molecule has 0 fully saturated rings. The van der Waals surface area contributed by atoms with E-state index in [2.05, 4.69) is 5.32 Å². The number of nitro groups is 1. The van der Waals surface area contributed by atoms with Crippen molar-refractivity contribution in [1.82, 2.24) is 0 Å². The number of nitro benzene ring substituents is 1. The first-order valence-electron chi connectivity index (χ1n) is 6.08. The Balaban J connectivity index is 2.33. The van der Waals surface area contributed by atoms with Gasteiger partial charge < -0.3 is 10.4 Å². The van der Waals surface area contributed by atoms with Crippen LogP contribution in [0.3, 0.4) is 0 Å². The van der Waals surface area contributed by atoms with Crippen molar-refractivity contribution in [1.29, 1.82) is 0 Å². The van der Waals surface area contributed by atoms with Crippen LogP contribution in [0.15, 0.2) is 42.5 Å². The quantitative estimate of drug-likeness (QED) is 0.654. The molecule has 0 saturated heterocycles. The third kappa shape index (κ3) is 3.48. The lowest BCUT2D eigenvalue weighted by Gasteiger charge is -2.18. The minimum absolute atomic E-state index is 0.00833. The molecule has 0 spiro atoms. The van der Waals surface area contributed by atoms with Gasteiger partial charge in [-0.25, -0.2) is 0 Å². The molecule has 0 radical (unpaired) electrons. The molecule has 110 valence electrons. The van der Waals surface area contributed by atoms with E-state index in [1.165, 1.54) is 12.1 Å². The van der Waals surface area contributed by atoms with E-state index in [1.54, 1.807) is 24.3 Å². The van der Waals surface area contributed by atoms with Gasteiger partial charge in [0.2, 0.25) is 5.82 Å². The third-order valence-electron chi connectivity index (χ3n) is 2.95. The van der Waals surface area contributed by atoms with Crippen molar-refractivity contribution in [3.8, 4) is 0 Å². The Bertz CT molecular complexity index is 649. The largest absolute Gasteiger partial charge is 0.394 e. The van der Waals surface area contributed by atoms with Crippen molar-refractivity contribution < 1.29 is 14.4 Å². The molecule has 0 aliphatic carbocycles. The molecular weight excluding hydrogens is 299 g/mol. The molecule has 0 bridgehead atoms. The second-order valence-electron chi connectivity index (χ2n) is 4.32. The summed E-state index contributed by atoms with van der Waals surface area (Å²) in [4.78, 5) is 10.1. The van der Waals surface area contributed by atoms with Gasteiger partial charge in [-0.3, -0.25) is 10.1 Å².